The van der Waals surface area contributed by atoms with Crippen molar-refractivity contribution < 1.29 is 19.4 Å². The van der Waals surface area contributed by atoms with E-state index in [0.717, 1.165) is 12.7 Å². The maximum Gasteiger partial charge on any atom is 0.350 e. The first-order chi connectivity index (χ1) is 5.94. The number of aliphatic hydroxyl groups is 1. The van der Waals surface area contributed by atoms with E-state index in [1.165, 1.54) is 0 Å². The molecule has 4 nitrogen and oxygen atoms in total. The van der Waals surface area contributed by atoms with Crippen LogP contribution in [0.15, 0.2) is 11.1 Å². The fourth-order valence-corrected chi connectivity index (χ4v) is 1.43. The lowest BCUT2D eigenvalue weighted by Gasteiger charge is -2.19. The van der Waals surface area contributed by atoms with E-state index in [4.69, 9.17) is 0 Å². The zero-order valence-corrected chi connectivity index (χ0v) is 7.88. The summed E-state index contributed by atoms with van der Waals surface area (Å²) < 4.78 is 4.38. The van der Waals surface area contributed by atoms with E-state index in [0.29, 0.717) is 5.57 Å². The molecule has 1 aliphatic rings. The molecule has 0 saturated heterocycles. The molecule has 0 aromatic heterocycles. The molecule has 72 valence electrons. The molecule has 0 aromatic rings. The van der Waals surface area contributed by atoms with Gasteiger partial charge < -0.3 is 9.84 Å². The number of carbonyl (C=O) groups excluding carboxylic acids is 2. The van der Waals surface area contributed by atoms with Gasteiger partial charge in [0.25, 0.3) is 0 Å². The molecule has 0 saturated carbocycles. The molecule has 0 fully saturated rings. The fourth-order valence-electron chi connectivity index (χ4n) is 1.43. The molecule has 1 unspecified atom stereocenters. The van der Waals surface area contributed by atoms with Crippen LogP contribution >= 0.6 is 0 Å². The molecule has 1 rings (SSSR count). The third-order valence-corrected chi connectivity index (χ3v) is 2.49. The molecule has 0 radical (unpaired) electrons. The summed E-state index contributed by atoms with van der Waals surface area (Å²) in [6.45, 7) is 3.28. The van der Waals surface area contributed by atoms with Gasteiger partial charge >= 0.3 is 5.97 Å². The predicted octanol–water partition coefficient (Wildman–Crippen LogP) is 0.200. The third kappa shape index (κ3) is 1.18. The van der Waals surface area contributed by atoms with Crippen LogP contribution < -0.4 is 0 Å². The van der Waals surface area contributed by atoms with Gasteiger partial charge in [0.05, 0.1) is 7.11 Å². The summed E-state index contributed by atoms with van der Waals surface area (Å²) in [6, 6.07) is 0. The number of ketones is 1. The molecule has 0 aliphatic heterocycles. The van der Waals surface area contributed by atoms with Crippen molar-refractivity contribution in [2.75, 3.05) is 7.11 Å². The van der Waals surface area contributed by atoms with E-state index in [9.17, 15) is 14.7 Å². The van der Waals surface area contributed by atoms with E-state index in [1.807, 2.05) is 0 Å². The van der Waals surface area contributed by atoms with Crippen LogP contribution in [0.2, 0.25) is 0 Å². The van der Waals surface area contributed by atoms with Crippen LogP contribution in [0.3, 0.4) is 0 Å². The van der Waals surface area contributed by atoms with Crippen molar-refractivity contribution in [3.63, 3.8) is 0 Å². The summed E-state index contributed by atoms with van der Waals surface area (Å²) >= 11 is 0. The summed E-state index contributed by atoms with van der Waals surface area (Å²) in [5.74, 6) is -1.40. The van der Waals surface area contributed by atoms with E-state index < -0.39 is 17.4 Å². The maximum atomic E-state index is 11.3. The Morgan fingerprint density at radius 3 is 2.38 bits per heavy atom. The van der Waals surface area contributed by atoms with Gasteiger partial charge in [-0.15, -0.1) is 0 Å². The van der Waals surface area contributed by atoms with Gasteiger partial charge in [0.2, 0.25) is 5.60 Å². The Morgan fingerprint density at radius 1 is 1.54 bits per heavy atom. The van der Waals surface area contributed by atoms with Crippen molar-refractivity contribution >= 4 is 11.8 Å². The first-order valence-electron chi connectivity index (χ1n) is 3.95. The highest BCUT2D eigenvalue weighted by atomic mass is 16.5. The van der Waals surface area contributed by atoms with Crippen molar-refractivity contribution in [3.8, 4) is 0 Å². The molecule has 0 heterocycles. The highest BCUT2D eigenvalue weighted by molar-refractivity contribution is 6.13. The van der Waals surface area contributed by atoms with Gasteiger partial charge in [0.15, 0.2) is 5.78 Å². The van der Waals surface area contributed by atoms with Gasteiger partial charge in [-0.1, -0.05) is 5.57 Å². The van der Waals surface area contributed by atoms with Crippen molar-refractivity contribution in [2.24, 2.45) is 0 Å². The molecular weight excluding hydrogens is 172 g/mol. The number of hydrogen-bond donors (Lipinski definition) is 1. The smallest absolute Gasteiger partial charge is 0.350 e. The van der Waals surface area contributed by atoms with Crippen LogP contribution in [0.4, 0.5) is 0 Å². The summed E-state index contributed by atoms with van der Waals surface area (Å²) in [5.41, 5.74) is -0.902. The normalized spacial score (nSPS) is 28.2. The van der Waals surface area contributed by atoms with Crippen molar-refractivity contribution in [3.05, 3.63) is 11.1 Å². The molecular formula is C9H12O4. The van der Waals surface area contributed by atoms with Gasteiger partial charge in [-0.25, -0.2) is 4.79 Å². The Kier molecular flexibility index (Phi) is 2.26. The number of hydrogen-bond acceptors (Lipinski definition) is 4. The Balaban J connectivity index is 3.15. The SMILES string of the molecule is COC(=O)C1(O)C(=O)CC(C)=C1C. The van der Waals surface area contributed by atoms with Crippen LogP contribution in [0, 0.1) is 0 Å². The first kappa shape index (κ1) is 9.92. The van der Waals surface area contributed by atoms with Gasteiger partial charge in [0, 0.05) is 6.42 Å². The van der Waals surface area contributed by atoms with Crippen molar-refractivity contribution in [1.82, 2.24) is 0 Å². The molecule has 1 N–H and O–H groups in total. The lowest BCUT2D eigenvalue weighted by atomic mass is 9.96. The Hall–Kier alpha value is -1.16. The molecule has 0 bridgehead atoms. The average Bonchev–Trinajstić information content (AvgIpc) is 2.30. The number of Topliss-reactive ketones (excluding diaryl/α,β-unsaturated/α-hetero) is 1. The lowest BCUT2D eigenvalue weighted by Crippen LogP contribution is -2.45. The van der Waals surface area contributed by atoms with Gasteiger partial charge in [0.1, 0.15) is 0 Å². The van der Waals surface area contributed by atoms with Gasteiger partial charge in [-0.05, 0) is 19.4 Å². The molecule has 0 amide bonds. The second kappa shape index (κ2) is 2.96. The minimum atomic E-state index is -2.03. The van der Waals surface area contributed by atoms with E-state index in [2.05, 4.69) is 4.74 Å². The van der Waals surface area contributed by atoms with Gasteiger partial charge in [-0.2, -0.15) is 0 Å². The van der Waals surface area contributed by atoms with Crippen LogP contribution in [0.1, 0.15) is 20.3 Å². The summed E-state index contributed by atoms with van der Waals surface area (Å²) in [7, 11) is 1.15. The van der Waals surface area contributed by atoms with E-state index >= 15 is 0 Å². The second-order valence-electron chi connectivity index (χ2n) is 3.21. The van der Waals surface area contributed by atoms with Crippen LogP contribution in [0.5, 0.6) is 0 Å². The fraction of sp³-hybridized carbons (Fsp3) is 0.556. The first-order valence-corrected chi connectivity index (χ1v) is 3.95. The van der Waals surface area contributed by atoms with E-state index in [1.54, 1.807) is 13.8 Å². The van der Waals surface area contributed by atoms with Crippen LogP contribution in [-0.2, 0) is 14.3 Å². The summed E-state index contributed by atoms with van der Waals surface area (Å²) in [6.07, 6.45) is 0.122. The zero-order valence-electron chi connectivity index (χ0n) is 7.88. The molecule has 1 aliphatic carbocycles. The monoisotopic (exact) mass is 184 g/mol. The number of rotatable bonds is 1. The Morgan fingerprint density at radius 2 is 2.08 bits per heavy atom. The molecule has 4 heteroatoms. The van der Waals surface area contributed by atoms with Gasteiger partial charge in [-0.3, -0.25) is 4.79 Å². The number of ether oxygens (including phenoxy) is 1. The van der Waals surface area contributed by atoms with Crippen molar-refractivity contribution in [1.29, 1.82) is 0 Å². The number of esters is 1. The molecule has 0 spiro atoms. The molecule has 1 atom stereocenters. The second-order valence-corrected chi connectivity index (χ2v) is 3.21. The quantitative estimate of drug-likeness (QED) is 0.359. The number of carbonyl (C=O) groups is 2. The predicted molar refractivity (Wildman–Crippen MR) is 45.0 cm³/mol. The lowest BCUT2D eigenvalue weighted by molar-refractivity contribution is -0.162. The maximum absolute atomic E-state index is 11.3. The summed E-state index contributed by atoms with van der Waals surface area (Å²) in [5, 5.41) is 9.79. The minimum absolute atomic E-state index is 0.122. The highest BCUT2D eigenvalue weighted by Gasteiger charge is 2.50. The average molecular weight is 184 g/mol. The number of allylic oxidation sites excluding steroid dienone is 1. The van der Waals surface area contributed by atoms with Crippen LogP contribution in [-0.4, -0.2) is 29.6 Å². The zero-order chi connectivity index (χ0) is 10.2. The standard InChI is InChI=1S/C9H12O4/c1-5-4-7(10)9(12,6(5)2)8(11)13-3/h12H,4H2,1-3H3. The third-order valence-electron chi connectivity index (χ3n) is 2.49. The van der Waals surface area contributed by atoms with E-state index in [-0.39, 0.29) is 6.42 Å². The number of methoxy groups -OCH3 is 1. The minimum Gasteiger partial charge on any atom is -0.466 e. The Labute approximate surface area is 76.2 Å². The molecule has 0 aromatic carbocycles. The van der Waals surface area contributed by atoms with Crippen LogP contribution in [0.25, 0.3) is 0 Å². The Bertz CT molecular complexity index is 303. The molecule has 13 heavy (non-hydrogen) atoms. The summed E-state index contributed by atoms with van der Waals surface area (Å²) in [4.78, 5) is 22.5. The topological polar surface area (TPSA) is 63.6 Å². The largest absolute Gasteiger partial charge is 0.466 e. The highest BCUT2D eigenvalue weighted by Crippen LogP contribution is 2.32. The van der Waals surface area contributed by atoms with Crippen molar-refractivity contribution in [2.45, 2.75) is 25.9 Å².